The third-order valence-corrected chi connectivity index (χ3v) is 4.53. The molecule has 0 amide bonds. The van der Waals surface area contributed by atoms with Gasteiger partial charge < -0.3 is 20.4 Å². The van der Waals surface area contributed by atoms with Gasteiger partial charge in [-0.1, -0.05) is 11.6 Å². The van der Waals surface area contributed by atoms with Gasteiger partial charge in [0.2, 0.25) is 0 Å². The Morgan fingerprint density at radius 1 is 1.12 bits per heavy atom. The minimum atomic E-state index is 0.624. The Hall–Kier alpha value is -2.53. The number of rotatable bonds is 5. The number of aromatic nitrogens is 1. The highest BCUT2D eigenvalue weighted by Crippen LogP contribution is 2.23. The van der Waals surface area contributed by atoms with Gasteiger partial charge in [0.25, 0.3) is 0 Å². The maximum Gasteiger partial charge on any atom is 0.170 e. The van der Waals surface area contributed by atoms with Crippen molar-refractivity contribution in [2.45, 2.75) is 20.3 Å². The molecule has 0 unspecified atom stereocenters. The van der Waals surface area contributed by atoms with Crippen molar-refractivity contribution in [3.05, 3.63) is 59.3 Å². The van der Waals surface area contributed by atoms with Gasteiger partial charge in [-0.2, -0.15) is 0 Å². The molecule has 0 atom stereocenters. The van der Waals surface area contributed by atoms with E-state index in [0.29, 0.717) is 5.11 Å². The zero-order valence-corrected chi connectivity index (χ0v) is 15.6. The van der Waals surface area contributed by atoms with E-state index in [4.69, 9.17) is 17.0 Å². The Morgan fingerprint density at radius 3 is 2.60 bits per heavy atom. The number of H-pyrrole nitrogens is 1. The zero-order chi connectivity index (χ0) is 17.8. The number of aryl methyl sites for hydroxylation is 2. The molecule has 130 valence electrons. The van der Waals surface area contributed by atoms with Gasteiger partial charge in [0.15, 0.2) is 5.11 Å². The number of thiocarbonyl (C=S) groups is 1. The van der Waals surface area contributed by atoms with E-state index in [1.807, 2.05) is 24.3 Å². The molecule has 3 aromatic rings. The van der Waals surface area contributed by atoms with Crippen molar-refractivity contribution in [1.82, 2.24) is 10.3 Å². The van der Waals surface area contributed by atoms with Crippen LogP contribution in [0.15, 0.2) is 42.5 Å². The second-order valence-corrected chi connectivity index (χ2v) is 6.55. The maximum absolute atomic E-state index is 5.38. The van der Waals surface area contributed by atoms with E-state index in [9.17, 15) is 0 Å². The van der Waals surface area contributed by atoms with E-state index in [0.717, 1.165) is 24.4 Å². The first kappa shape index (κ1) is 17.3. The lowest BCUT2D eigenvalue weighted by molar-refractivity contribution is 0.415. The van der Waals surface area contributed by atoms with Crippen LogP contribution < -0.4 is 15.4 Å². The summed E-state index contributed by atoms with van der Waals surface area (Å²) in [6.07, 6.45) is 0.916. The van der Waals surface area contributed by atoms with Gasteiger partial charge in [-0.05, 0) is 74.4 Å². The smallest absolute Gasteiger partial charge is 0.170 e. The number of anilines is 1. The summed E-state index contributed by atoms with van der Waals surface area (Å²) in [6, 6.07) is 14.2. The predicted octanol–water partition coefficient (Wildman–Crippen LogP) is 4.32. The summed E-state index contributed by atoms with van der Waals surface area (Å²) in [5, 5.41) is 8.39. The normalized spacial score (nSPS) is 10.7. The average molecular weight is 353 g/mol. The Morgan fingerprint density at radius 2 is 1.88 bits per heavy atom. The van der Waals surface area contributed by atoms with Crippen LogP contribution in [0.4, 0.5) is 5.69 Å². The van der Waals surface area contributed by atoms with Gasteiger partial charge in [0, 0.05) is 28.8 Å². The SMILES string of the molecule is COc1ccc(NC(=S)NCCc2c(C)[nH]c3ccc(C)cc23)cc1. The molecule has 3 rings (SSSR count). The van der Waals surface area contributed by atoms with Crippen molar-refractivity contribution in [1.29, 1.82) is 0 Å². The second kappa shape index (κ2) is 7.57. The standard InChI is InChI=1S/C20H23N3OS/c1-13-4-9-19-18(12-13)17(14(2)22-19)10-11-21-20(25)23-15-5-7-16(24-3)8-6-15/h4-9,12,22H,10-11H2,1-3H3,(H2,21,23,25). The first-order valence-electron chi connectivity index (χ1n) is 8.33. The molecule has 25 heavy (non-hydrogen) atoms. The Balaban J connectivity index is 1.58. The highest BCUT2D eigenvalue weighted by Gasteiger charge is 2.08. The number of hydrogen-bond acceptors (Lipinski definition) is 2. The molecule has 4 nitrogen and oxygen atoms in total. The topological polar surface area (TPSA) is 49.1 Å². The summed E-state index contributed by atoms with van der Waals surface area (Å²) in [4.78, 5) is 3.45. The fourth-order valence-electron chi connectivity index (χ4n) is 2.97. The van der Waals surface area contributed by atoms with Crippen molar-refractivity contribution in [2.24, 2.45) is 0 Å². The number of benzene rings is 2. The lowest BCUT2D eigenvalue weighted by Gasteiger charge is -2.11. The molecule has 1 heterocycles. The molecule has 0 spiro atoms. The van der Waals surface area contributed by atoms with Crippen molar-refractivity contribution in [2.75, 3.05) is 19.0 Å². The van der Waals surface area contributed by atoms with Crippen LogP contribution in [0.1, 0.15) is 16.8 Å². The van der Waals surface area contributed by atoms with Crippen LogP contribution in [0.3, 0.4) is 0 Å². The quantitative estimate of drug-likeness (QED) is 0.598. The van der Waals surface area contributed by atoms with Crippen LogP contribution in [0, 0.1) is 13.8 Å². The number of nitrogens with one attached hydrogen (secondary N) is 3. The van der Waals surface area contributed by atoms with E-state index in [1.165, 1.54) is 27.7 Å². The number of ether oxygens (including phenoxy) is 1. The zero-order valence-electron chi connectivity index (χ0n) is 14.8. The van der Waals surface area contributed by atoms with Crippen molar-refractivity contribution in [3.8, 4) is 5.75 Å². The van der Waals surface area contributed by atoms with Crippen molar-refractivity contribution < 1.29 is 4.74 Å². The van der Waals surface area contributed by atoms with E-state index >= 15 is 0 Å². The van der Waals surface area contributed by atoms with Crippen molar-refractivity contribution >= 4 is 33.9 Å². The molecule has 0 aliphatic rings. The van der Waals surface area contributed by atoms with Gasteiger partial charge in [-0.15, -0.1) is 0 Å². The summed E-state index contributed by atoms with van der Waals surface area (Å²) < 4.78 is 5.16. The second-order valence-electron chi connectivity index (χ2n) is 6.14. The maximum atomic E-state index is 5.38. The molecule has 0 saturated carbocycles. The summed E-state index contributed by atoms with van der Waals surface area (Å²) in [7, 11) is 1.66. The number of aromatic amines is 1. The molecule has 5 heteroatoms. The highest BCUT2D eigenvalue weighted by atomic mass is 32.1. The van der Waals surface area contributed by atoms with Crippen LogP contribution in [-0.4, -0.2) is 23.8 Å². The molecule has 0 radical (unpaired) electrons. The monoisotopic (exact) mass is 353 g/mol. The lowest BCUT2D eigenvalue weighted by atomic mass is 10.1. The van der Waals surface area contributed by atoms with Gasteiger partial charge in [-0.25, -0.2) is 0 Å². The summed E-state index contributed by atoms with van der Waals surface area (Å²) in [6.45, 7) is 5.03. The van der Waals surface area contributed by atoms with E-state index in [2.05, 4.69) is 47.7 Å². The largest absolute Gasteiger partial charge is 0.497 e. The van der Waals surface area contributed by atoms with E-state index in [-0.39, 0.29) is 0 Å². The van der Waals surface area contributed by atoms with E-state index < -0.39 is 0 Å². The van der Waals surface area contributed by atoms with Crippen LogP contribution in [-0.2, 0) is 6.42 Å². The summed E-state index contributed by atoms with van der Waals surface area (Å²) >= 11 is 5.38. The minimum Gasteiger partial charge on any atom is -0.497 e. The Bertz CT molecular complexity index is 884. The predicted molar refractivity (Wildman–Crippen MR) is 109 cm³/mol. The molecule has 2 aromatic carbocycles. The fourth-order valence-corrected chi connectivity index (χ4v) is 3.19. The molecule has 0 aliphatic carbocycles. The lowest BCUT2D eigenvalue weighted by Crippen LogP contribution is -2.30. The summed E-state index contributed by atoms with van der Waals surface area (Å²) in [5.41, 5.74) is 5.97. The van der Waals surface area contributed by atoms with Gasteiger partial charge in [0.1, 0.15) is 5.75 Å². The van der Waals surface area contributed by atoms with Crippen LogP contribution in [0.5, 0.6) is 5.75 Å². The van der Waals surface area contributed by atoms with Gasteiger partial charge in [-0.3, -0.25) is 0 Å². The third-order valence-electron chi connectivity index (χ3n) is 4.28. The first-order valence-corrected chi connectivity index (χ1v) is 8.74. The number of methoxy groups -OCH3 is 1. The molecule has 1 aromatic heterocycles. The van der Waals surface area contributed by atoms with Crippen LogP contribution >= 0.6 is 12.2 Å². The van der Waals surface area contributed by atoms with Gasteiger partial charge >= 0.3 is 0 Å². The Labute approximate surface area is 153 Å². The number of fused-ring (bicyclic) bond motifs is 1. The molecule has 0 saturated heterocycles. The molecule has 0 fully saturated rings. The van der Waals surface area contributed by atoms with Crippen LogP contribution in [0.25, 0.3) is 10.9 Å². The minimum absolute atomic E-state index is 0.624. The van der Waals surface area contributed by atoms with Crippen LogP contribution in [0.2, 0.25) is 0 Å². The number of hydrogen-bond donors (Lipinski definition) is 3. The molecular weight excluding hydrogens is 330 g/mol. The molecule has 3 N–H and O–H groups in total. The fraction of sp³-hybridized carbons (Fsp3) is 0.250. The average Bonchev–Trinajstić information content (AvgIpc) is 2.91. The third kappa shape index (κ3) is 4.12. The molecular formula is C20H23N3OS. The highest BCUT2D eigenvalue weighted by molar-refractivity contribution is 7.80. The summed E-state index contributed by atoms with van der Waals surface area (Å²) in [5.74, 6) is 0.828. The van der Waals surface area contributed by atoms with Gasteiger partial charge in [0.05, 0.1) is 7.11 Å². The molecule has 0 aliphatic heterocycles. The van der Waals surface area contributed by atoms with E-state index in [1.54, 1.807) is 7.11 Å². The first-order chi connectivity index (χ1) is 12.1. The van der Waals surface area contributed by atoms with Crippen molar-refractivity contribution in [3.63, 3.8) is 0 Å². The Kier molecular flexibility index (Phi) is 5.24. The molecule has 0 bridgehead atoms.